The van der Waals surface area contributed by atoms with Crippen LogP contribution in [0.5, 0.6) is 5.75 Å². The molecular formula is C23H20ClFN2O4S. The molecule has 0 aliphatic carbocycles. The first-order valence-electron chi connectivity index (χ1n) is 9.78. The minimum atomic E-state index is -3.87. The van der Waals surface area contributed by atoms with Gasteiger partial charge in [0.1, 0.15) is 11.6 Å². The monoisotopic (exact) mass is 474 g/mol. The molecule has 0 bridgehead atoms. The summed E-state index contributed by atoms with van der Waals surface area (Å²) in [5, 5.41) is 3.15. The van der Waals surface area contributed by atoms with Gasteiger partial charge in [-0.15, -0.1) is 0 Å². The number of hydrogen-bond donors (Lipinski definition) is 1. The number of sulfonamides is 1. The fraction of sp³-hybridized carbons (Fsp3) is 0.174. The van der Waals surface area contributed by atoms with Gasteiger partial charge in [-0.3, -0.25) is 9.10 Å². The molecule has 1 amide bonds. The molecule has 1 heterocycles. The Balaban J connectivity index is 1.60. The summed E-state index contributed by atoms with van der Waals surface area (Å²) in [5.41, 5.74) is 2.15. The number of rotatable bonds is 5. The number of anilines is 2. The van der Waals surface area contributed by atoms with Gasteiger partial charge in [0.25, 0.3) is 15.9 Å². The Hall–Kier alpha value is -3.10. The quantitative estimate of drug-likeness (QED) is 0.571. The molecule has 0 saturated heterocycles. The molecule has 4 rings (SSSR count). The van der Waals surface area contributed by atoms with Gasteiger partial charge >= 0.3 is 0 Å². The van der Waals surface area contributed by atoms with E-state index in [0.29, 0.717) is 34.1 Å². The average Bonchev–Trinajstić information content (AvgIpc) is 3.09. The second-order valence-electron chi connectivity index (χ2n) is 7.45. The van der Waals surface area contributed by atoms with Crippen molar-refractivity contribution < 1.29 is 22.3 Å². The highest BCUT2D eigenvalue weighted by Crippen LogP contribution is 2.37. The predicted octanol–water partition coefficient (Wildman–Crippen LogP) is 4.88. The van der Waals surface area contributed by atoms with E-state index in [0.717, 1.165) is 17.7 Å². The van der Waals surface area contributed by atoms with E-state index in [1.54, 1.807) is 43.3 Å². The zero-order valence-electron chi connectivity index (χ0n) is 17.3. The summed E-state index contributed by atoms with van der Waals surface area (Å²) >= 11 is 6.11. The summed E-state index contributed by atoms with van der Waals surface area (Å²) in [6, 6.07) is 14.2. The Bertz CT molecular complexity index is 1300. The molecule has 166 valence electrons. The maximum absolute atomic E-state index is 13.2. The molecule has 9 heteroatoms. The predicted molar refractivity (Wildman–Crippen MR) is 122 cm³/mol. The molecule has 1 atom stereocenters. The van der Waals surface area contributed by atoms with Crippen molar-refractivity contribution >= 4 is 38.9 Å². The lowest BCUT2D eigenvalue weighted by molar-refractivity contribution is 0.102. The van der Waals surface area contributed by atoms with E-state index < -0.39 is 15.8 Å². The second kappa shape index (κ2) is 8.44. The molecule has 0 aromatic heterocycles. The average molecular weight is 475 g/mol. The smallest absolute Gasteiger partial charge is 0.264 e. The van der Waals surface area contributed by atoms with Crippen LogP contribution in [0, 0.1) is 5.82 Å². The Morgan fingerprint density at radius 1 is 1.12 bits per heavy atom. The molecule has 32 heavy (non-hydrogen) atoms. The van der Waals surface area contributed by atoms with Crippen molar-refractivity contribution in [2.45, 2.75) is 24.3 Å². The summed E-state index contributed by atoms with van der Waals surface area (Å²) in [7, 11) is -2.37. The van der Waals surface area contributed by atoms with Crippen LogP contribution in [0.1, 0.15) is 22.8 Å². The maximum atomic E-state index is 13.2. The van der Waals surface area contributed by atoms with Crippen LogP contribution in [0.3, 0.4) is 0 Å². The van der Waals surface area contributed by atoms with Crippen LogP contribution >= 0.6 is 11.6 Å². The molecule has 0 saturated carbocycles. The van der Waals surface area contributed by atoms with E-state index in [9.17, 15) is 17.6 Å². The molecule has 6 nitrogen and oxygen atoms in total. The molecule has 0 radical (unpaired) electrons. The van der Waals surface area contributed by atoms with Gasteiger partial charge in [-0.25, -0.2) is 12.8 Å². The molecule has 3 aromatic carbocycles. The highest BCUT2D eigenvalue weighted by atomic mass is 35.5. The summed E-state index contributed by atoms with van der Waals surface area (Å²) < 4.78 is 46.0. The van der Waals surface area contributed by atoms with Crippen molar-refractivity contribution in [3.8, 4) is 5.75 Å². The largest absolute Gasteiger partial charge is 0.495 e. The SMILES string of the molecule is COc1ccc(NC(=O)c2ccc3c(c2)C[C@H](C)N3S(=O)(=O)c2ccc(F)cc2)cc1Cl. The number of ether oxygens (including phenoxy) is 1. The van der Waals surface area contributed by atoms with E-state index in [1.807, 2.05) is 0 Å². The van der Waals surface area contributed by atoms with Gasteiger partial charge in [0.15, 0.2) is 0 Å². The molecule has 1 aliphatic rings. The van der Waals surface area contributed by atoms with Crippen LogP contribution in [-0.4, -0.2) is 27.5 Å². The molecule has 3 aromatic rings. The third kappa shape index (κ3) is 4.03. The van der Waals surface area contributed by atoms with Gasteiger partial charge in [-0.1, -0.05) is 11.6 Å². The number of nitrogens with zero attached hydrogens (tertiary/aromatic N) is 1. The first-order chi connectivity index (χ1) is 15.2. The number of benzene rings is 3. The van der Waals surface area contributed by atoms with Gasteiger partial charge in [0.05, 0.1) is 22.7 Å². The van der Waals surface area contributed by atoms with E-state index in [-0.39, 0.29) is 16.8 Å². The number of nitrogens with one attached hydrogen (secondary N) is 1. The third-order valence-corrected chi connectivity index (χ3v) is 7.51. The highest BCUT2D eigenvalue weighted by Gasteiger charge is 2.36. The van der Waals surface area contributed by atoms with Gasteiger partial charge in [0, 0.05) is 17.3 Å². The summed E-state index contributed by atoms with van der Waals surface area (Å²) in [5.74, 6) is -0.354. The minimum absolute atomic E-state index is 0.0109. The summed E-state index contributed by atoms with van der Waals surface area (Å²) in [6.07, 6.45) is 0.450. The number of halogens is 2. The Labute approximate surface area is 190 Å². The van der Waals surface area contributed by atoms with Gasteiger partial charge < -0.3 is 10.1 Å². The lowest BCUT2D eigenvalue weighted by Gasteiger charge is -2.24. The number of amides is 1. The Morgan fingerprint density at radius 2 is 1.84 bits per heavy atom. The summed E-state index contributed by atoms with van der Waals surface area (Å²) in [6.45, 7) is 1.79. The molecular weight excluding hydrogens is 455 g/mol. The fourth-order valence-electron chi connectivity index (χ4n) is 3.78. The Morgan fingerprint density at radius 3 is 2.50 bits per heavy atom. The van der Waals surface area contributed by atoms with Crippen LogP contribution in [-0.2, 0) is 16.4 Å². The first-order valence-corrected chi connectivity index (χ1v) is 11.6. The van der Waals surface area contributed by atoms with E-state index >= 15 is 0 Å². The molecule has 0 spiro atoms. The van der Waals surface area contributed by atoms with Gasteiger partial charge in [-0.05, 0) is 79.6 Å². The fourth-order valence-corrected chi connectivity index (χ4v) is 5.73. The van der Waals surface area contributed by atoms with Crippen molar-refractivity contribution in [2.75, 3.05) is 16.7 Å². The molecule has 1 aliphatic heterocycles. The second-order valence-corrected chi connectivity index (χ2v) is 9.68. The molecule has 0 fully saturated rings. The van der Waals surface area contributed by atoms with Crippen molar-refractivity contribution in [2.24, 2.45) is 0 Å². The zero-order chi connectivity index (χ0) is 23.0. The van der Waals surface area contributed by atoms with Crippen LogP contribution in [0.25, 0.3) is 0 Å². The summed E-state index contributed by atoms with van der Waals surface area (Å²) in [4.78, 5) is 12.8. The maximum Gasteiger partial charge on any atom is 0.264 e. The number of hydrogen-bond acceptors (Lipinski definition) is 4. The van der Waals surface area contributed by atoms with E-state index in [2.05, 4.69) is 5.32 Å². The van der Waals surface area contributed by atoms with Crippen LogP contribution in [0.15, 0.2) is 65.6 Å². The number of carbonyl (C=O) groups is 1. The van der Waals surface area contributed by atoms with E-state index in [1.165, 1.54) is 23.5 Å². The van der Waals surface area contributed by atoms with Gasteiger partial charge in [0.2, 0.25) is 0 Å². The first kappa shape index (κ1) is 22.1. The number of methoxy groups -OCH3 is 1. The van der Waals surface area contributed by atoms with Crippen LogP contribution in [0.4, 0.5) is 15.8 Å². The Kier molecular flexibility index (Phi) is 5.83. The topological polar surface area (TPSA) is 75.7 Å². The van der Waals surface area contributed by atoms with E-state index in [4.69, 9.17) is 16.3 Å². The van der Waals surface area contributed by atoms with Crippen molar-refractivity contribution in [3.63, 3.8) is 0 Å². The number of fused-ring (bicyclic) bond motifs is 1. The molecule has 0 unspecified atom stereocenters. The van der Waals surface area contributed by atoms with Crippen LogP contribution < -0.4 is 14.4 Å². The van der Waals surface area contributed by atoms with Gasteiger partial charge in [-0.2, -0.15) is 0 Å². The highest BCUT2D eigenvalue weighted by molar-refractivity contribution is 7.92. The lowest BCUT2D eigenvalue weighted by atomic mass is 10.1. The van der Waals surface area contributed by atoms with Crippen molar-refractivity contribution in [1.29, 1.82) is 0 Å². The van der Waals surface area contributed by atoms with Crippen molar-refractivity contribution in [3.05, 3.63) is 82.6 Å². The number of carbonyl (C=O) groups excluding carboxylic acids is 1. The zero-order valence-corrected chi connectivity index (χ0v) is 18.9. The standard InChI is InChI=1S/C23H20ClFN2O4S/c1-14-11-16-12-15(23(28)26-18-6-10-22(31-2)20(24)13-18)3-9-21(16)27(14)32(29,30)19-7-4-17(25)5-8-19/h3-10,12-14H,11H2,1-2H3,(H,26,28)/t14-/m0/s1. The molecule has 1 N–H and O–H groups in total. The minimum Gasteiger partial charge on any atom is -0.495 e. The third-order valence-electron chi connectivity index (χ3n) is 5.27. The normalized spacial score (nSPS) is 15.4. The van der Waals surface area contributed by atoms with Crippen molar-refractivity contribution in [1.82, 2.24) is 0 Å². The lowest BCUT2D eigenvalue weighted by Crippen LogP contribution is -2.35. The van der Waals surface area contributed by atoms with Crippen LogP contribution in [0.2, 0.25) is 5.02 Å².